The molecule has 0 amide bonds. The average Bonchev–Trinajstić information content (AvgIpc) is 2.17. The normalized spacial score (nSPS) is 14.3. The molecule has 15 heavy (non-hydrogen) atoms. The van der Waals surface area contributed by atoms with E-state index in [1.54, 1.807) is 0 Å². The van der Waals surface area contributed by atoms with Gasteiger partial charge < -0.3 is 25.5 Å². The van der Waals surface area contributed by atoms with Gasteiger partial charge in [-0.1, -0.05) is 24.3 Å². The summed E-state index contributed by atoms with van der Waals surface area (Å²) in [7, 11) is 0. The second kappa shape index (κ2) is 3.70. The Morgan fingerprint density at radius 3 is 2.00 bits per heavy atom. The maximum absolute atomic E-state index is 10.7. The number of quaternary nitrogens is 1. The molecule has 0 spiro atoms. The summed E-state index contributed by atoms with van der Waals surface area (Å²) in [4.78, 5) is 21.2. The van der Waals surface area contributed by atoms with Gasteiger partial charge in [0.2, 0.25) is 0 Å². The van der Waals surface area contributed by atoms with Gasteiger partial charge in [-0.3, -0.25) is 0 Å². The standard InChI is InChI=1S/C10H11NO4/c1-10(11,9(14)15)7-4-2-6(3-5-7)8(12)13/h2-5H,11H2,1H3,(H,12,13)(H,14,15)/p-1/t10-/m0/s1. The molecule has 80 valence electrons. The van der Waals surface area contributed by atoms with Crippen molar-refractivity contribution < 1.29 is 25.5 Å². The SMILES string of the molecule is C[C@@]([NH3+])(C(=O)[O-])c1ccc(C(=O)[O-])cc1. The molecule has 0 bridgehead atoms. The molecular weight excluding hydrogens is 198 g/mol. The van der Waals surface area contributed by atoms with Crippen molar-refractivity contribution in [2.45, 2.75) is 12.5 Å². The molecule has 1 aromatic rings. The molecule has 0 saturated carbocycles. The van der Waals surface area contributed by atoms with Crippen LogP contribution >= 0.6 is 0 Å². The summed E-state index contributed by atoms with van der Waals surface area (Å²) in [5, 5.41) is 21.2. The van der Waals surface area contributed by atoms with Gasteiger partial charge in [-0.2, -0.15) is 0 Å². The van der Waals surface area contributed by atoms with Crippen molar-refractivity contribution in [1.82, 2.24) is 0 Å². The predicted molar refractivity (Wildman–Crippen MR) is 46.0 cm³/mol. The van der Waals surface area contributed by atoms with Crippen molar-refractivity contribution in [2.24, 2.45) is 0 Å². The summed E-state index contributed by atoms with van der Waals surface area (Å²) in [6.45, 7) is 1.39. The van der Waals surface area contributed by atoms with Gasteiger partial charge >= 0.3 is 0 Å². The molecule has 0 aromatic heterocycles. The predicted octanol–water partition coefficient (Wildman–Crippen LogP) is -2.74. The van der Waals surface area contributed by atoms with E-state index in [9.17, 15) is 19.8 Å². The van der Waals surface area contributed by atoms with E-state index in [1.807, 2.05) is 0 Å². The molecule has 0 unspecified atom stereocenters. The minimum Gasteiger partial charge on any atom is -0.545 e. The molecule has 0 saturated heterocycles. The lowest BCUT2D eigenvalue weighted by Crippen LogP contribution is -2.75. The summed E-state index contributed by atoms with van der Waals surface area (Å²) in [6.07, 6.45) is 0. The van der Waals surface area contributed by atoms with Gasteiger partial charge in [0.25, 0.3) is 0 Å². The van der Waals surface area contributed by atoms with E-state index in [-0.39, 0.29) is 5.56 Å². The maximum atomic E-state index is 10.7. The Labute approximate surface area is 86.1 Å². The molecule has 0 heterocycles. The Hall–Kier alpha value is -1.88. The molecule has 1 aromatic carbocycles. The van der Waals surface area contributed by atoms with E-state index in [1.165, 1.54) is 31.2 Å². The summed E-state index contributed by atoms with van der Waals surface area (Å²) in [6, 6.07) is 5.32. The van der Waals surface area contributed by atoms with Gasteiger partial charge in [0.15, 0.2) is 5.54 Å². The molecule has 0 fully saturated rings. The lowest BCUT2D eigenvalue weighted by atomic mass is 9.93. The number of benzene rings is 1. The monoisotopic (exact) mass is 208 g/mol. The van der Waals surface area contributed by atoms with Crippen LogP contribution in [0.15, 0.2) is 24.3 Å². The molecule has 5 heteroatoms. The number of carboxylic acids is 2. The highest BCUT2D eigenvalue weighted by atomic mass is 16.4. The van der Waals surface area contributed by atoms with Gasteiger partial charge in [0, 0.05) is 12.5 Å². The van der Waals surface area contributed by atoms with Crippen molar-refractivity contribution in [3.8, 4) is 0 Å². The third kappa shape index (κ3) is 2.13. The van der Waals surface area contributed by atoms with Crippen LogP contribution in [0.2, 0.25) is 0 Å². The van der Waals surface area contributed by atoms with E-state index >= 15 is 0 Å². The first-order valence-electron chi connectivity index (χ1n) is 4.24. The highest BCUT2D eigenvalue weighted by Gasteiger charge is 2.26. The molecule has 5 nitrogen and oxygen atoms in total. The topological polar surface area (TPSA) is 108 Å². The van der Waals surface area contributed by atoms with Gasteiger partial charge in [0.05, 0.1) is 5.97 Å². The second-order valence-electron chi connectivity index (χ2n) is 3.48. The van der Waals surface area contributed by atoms with Crippen molar-refractivity contribution in [3.05, 3.63) is 35.4 Å². The fourth-order valence-corrected chi connectivity index (χ4v) is 1.09. The zero-order chi connectivity index (χ0) is 11.6. The molecule has 1 atom stereocenters. The highest BCUT2D eigenvalue weighted by molar-refractivity contribution is 5.86. The summed E-state index contributed by atoms with van der Waals surface area (Å²) in [5.41, 5.74) is 2.48. The second-order valence-corrected chi connectivity index (χ2v) is 3.48. The zero-order valence-corrected chi connectivity index (χ0v) is 8.15. The fourth-order valence-electron chi connectivity index (χ4n) is 1.09. The fraction of sp³-hybridized carbons (Fsp3) is 0.200. The number of rotatable bonds is 3. The third-order valence-electron chi connectivity index (χ3n) is 2.21. The smallest absolute Gasteiger partial charge is 0.157 e. The van der Waals surface area contributed by atoms with Crippen LogP contribution in [0.4, 0.5) is 0 Å². The number of hydrogen-bond acceptors (Lipinski definition) is 4. The summed E-state index contributed by atoms with van der Waals surface area (Å²) < 4.78 is 0. The Morgan fingerprint density at radius 1 is 1.20 bits per heavy atom. The number of aliphatic carboxylic acids is 1. The Kier molecular flexibility index (Phi) is 2.76. The first-order valence-corrected chi connectivity index (χ1v) is 4.24. The first kappa shape index (κ1) is 11.2. The lowest BCUT2D eigenvalue weighted by Gasteiger charge is -2.22. The number of hydrogen-bond donors (Lipinski definition) is 1. The van der Waals surface area contributed by atoms with E-state index in [2.05, 4.69) is 5.73 Å². The van der Waals surface area contributed by atoms with Gasteiger partial charge in [0.1, 0.15) is 5.97 Å². The van der Waals surface area contributed by atoms with E-state index < -0.39 is 17.5 Å². The molecule has 1 rings (SSSR count). The van der Waals surface area contributed by atoms with E-state index in [4.69, 9.17) is 0 Å². The largest absolute Gasteiger partial charge is 0.545 e. The Morgan fingerprint density at radius 2 is 1.67 bits per heavy atom. The van der Waals surface area contributed by atoms with Crippen molar-refractivity contribution in [3.63, 3.8) is 0 Å². The van der Waals surface area contributed by atoms with Crippen LogP contribution in [0.5, 0.6) is 0 Å². The Bertz CT molecular complexity index is 394. The summed E-state index contributed by atoms with van der Waals surface area (Å²) in [5.74, 6) is -2.62. The third-order valence-corrected chi connectivity index (χ3v) is 2.21. The van der Waals surface area contributed by atoms with Crippen molar-refractivity contribution in [1.29, 1.82) is 0 Å². The van der Waals surface area contributed by atoms with Crippen LogP contribution in [0.25, 0.3) is 0 Å². The molecule has 0 aliphatic carbocycles. The average molecular weight is 208 g/mol. The molecule has 0 aliphatic heterocycles. The van der Waals surface area contributed by atoms with Crippen LogP contribution in [-0.4, -0.2) is 11.9 Å². The van der Waals surface area contributed by atoms with Crippen LogP contribution in [0, 0.1) is 0 Å². The minimum absolute atomic E-state index is 0.00658. The quantitative estimate of drug-likeness (QED) is 0.581. The molecular formula is C10H10NO4-. The van der Waals surface area contributed by atoms with Crippen LogP contribution in [-0.2, 0) is 10.3 Å². The van der Waals surface area contributed by atoms with E-state index in [0.717, 1.165) is 0 Å². The van der Waals surface area contributed by atoms with Crippen LogP contribution in [0.1, 0.15) is 22.8 Å². The number of aromatic carboxylic acids is 1. The number of carbonyl (C=O) groups excluding carboxylic acids is 2. The van der Waals surface area contributed by atoms with E-state index in [0.29, 0.717) is 5.56 Å². The zero-order valence-electron chi connectivity index (χ0n) is 8.15. The maximum Gasteiger partial charge on any atom is 0.157 e. The summed E-state index contributed by atoms with van der Waals surface area (Å²) >= 11 is 0. The van der Waals surface area contributed by atoms with Gasteiger partial charge in [-0.15, -0.1) is 0 Å². The van der Waals surface area contributed by atoms with Gasteiger partial charge in [-0.25, -0.2) is 0 Å². The first-order chi connectivity index (χ1) is 6.85. The minimum atomic E-state index is -1.38. The Balaban J connectivity index is 3.09. The molecule has 0 aliphatic rings. The number of carboxylic acid groups (broad SMARTS) is 2. The van der Waals surface area contributed by atoms with Crippen LogP contribution < -0.4 is 15.9 Å². The van der Waals surface area contributed by atoms with Crippen molar-refractivity contribution >= 4 is 11.9 Å². The van der Waals surface area contributed by atoms with Gasteiger partial charge in [-0.05, 0) is 5.56 Å². The van der Waals surface area contributed by atoms with Crippen LogP contribution in [0.3, 0.4) is 0 Å². The number of carbonyl (C=O) groups is 2. The molecule has 3 N–H and O–H groups in total. The highest BCUT2D eigenvalue weighted by Crippen LogP contribution is 2.15. The molecule has 0 radical (unpaired) electrons. The van der Waals surface area contributed by atoms with Crippen molar-refractivity contribution in [2.75, 3.05) is 0 Å². The lowest BCUT2D eigenvalue weighted by molar-refractivity contribution is -0.489.